The smallest absolute Gasteiger partial charge is 0.416 e. The fraction of sp³-hybridized carbons (Fsp3) is 0.250. The van der Waals surface area contributed by atoms with Crippen LogP contribution in [-0.4, -0.2) is 31.1 Å². The van der Waals surface area contributed by atoms with E-state index in [1.165, 1.54) is 36.4 Å². The van der Waals surface area contributed by atoms with Crippen molar-refractivity contribution in [2.24, 2.45) is 0 Å². The third-order valence-corrected chi connectivity index (χ3v) is 3.65. The van der Waals surface area contributed by atoms with Gasteiger partial charge in [0.25, 0.3) is 5.91 Å². The summed E-state index contributed by atoms with van der Waals surface area (Å²) >= 11 is 0. The van der Waals surface area contributed by atoms with Crippen molar-refractivity contribution in [3.63, 3.8) is 0 Å². The van der Waals surface area contributed by atoms with Gasteiger partial charge in [-0.25, -0.2) is 4.79 Å². The lowest BCUT2D eigenvalue weighted by molar-refractivity contribution is -0.146. The second kappa shape index (κ2) is 9.72. The Bertz CT molecular complexity index is 878. The summed E-state index contributed by atoms with van der Waals surface area (Å²) < 4.78 is 47.7. The number of carbonyl (C=O) groups is 3. The van der Waals surface area contributed by atoms with Gasteiger partial charge in [0.1, 0.15) is 0 Å². The molecule has 0 spiro atoms. The van der Waals surface area contributed by atoms with Gasteiger partial charge in [-0.3, -0.25) is 9.59 Å². The Hall–Kier alpha value is -3.36. The molecule has 2 rings (SSSR count). The molecule has 0 fully saturated rings. The number of rotatable bonds is 7. The Morgan fingerprint density at radius 2 is 1.69 bits per heavy atom. The third kappa shape index (κ3) is 6.95. The maximum absolute atomic E-state index is 12.7. The Labute approximate surface area is 164 Å². The summed E-state index contributed by atoms with van der Waals surface area (Å²) in [7, 11) is 0. The molecule has 6 nitrogen and oxygen atoms in total. The standard InChI is InChI=1S/C20H18F3NO5/c1-2-28-19(27)14-6-8-16(9-7-14)24-17(25)12-29-18(26)11-13-4-3-5-15(10-13)20(21,22)23/h3-10H,2,11-12H2,1H3,(H,24,25). The van der Waals surface area contributed by atoms with Crippen molar-refractivity contribution in [3.05, 3.63) is 65.2 Å². The fourth-order valence-electron chi connectivity index (χ4n) is 2.32. The minimum absolute atomic E-state index is 0.125. The van der Waals surface area contributed by atoms with Crippen molar-refractivity contribution in [1.29, 1.82) is 0 Å². The number of hydrogen-bond donors (Lipinski definition) is 1. The summed E-state index contributed by atoms with van der Waals surface area (Å²) in [4.78, 5) is 35.2. The van der Waals surface area contributed by atoms with Gasteiger partial charge in [0, 0.05) is 5.69 Å². The van der Waals surface area contributed by atoms with Gasteiger partial charge < -0.3 is 14.8 Å². The summed E-state index contributed by atoms with van der Waals surface area (Å²) in [6, 6.07) is 10.2. The van der Waals surface area contributed by atoms with Crippen molar-refractivity contribution in [3.8, 4) is 0 Å². The van der Waals surface area contributed by atoms with Crippen LogP contribution in [0.3, 0.4) is 0 Å². The van der Waals surface area contributed by atoms with E-state index in [1.54, 1.807) is 6.92 Å². The molecule has 0 aliphatic heterocycles. The van der Waals surface area contributed by atoms with Gasteiger partial charge in [-0.05, 0) is 42.8 Å². The Morgan fingerprint density at radius 3 is 2.31 bits per heavy atom. The number of alkyl halides is 3. The highest BCUT2D eigenvalue weighted by Gasteiger charge is 2.30. The Morgan fingerprint density at radius 1 is 1.00 bits per heavy atom. The van der Waals surface area contributed by atoms with Crippen molar-refractivity contribution >= 4 is 23.5 Å². The lowest BCUT2D eigenvalue weighted by atomic mass is 10.1. The molecule has 0 aliphatic rings. The molecule has 9 heteroatoms. The first-order chi connectivity index (χ1) is 13.7. The minimum Gasteiger partial charge on any atom is -0.462 e. The predicted octanol–water partition coefficient (Wildman–Crippen LogP) is 3.61. The molecule has 0 saturated carbocycles. The molecule has 0 aromatic heterocycles. The zero-order valence-corrected chi connectivity index (χ0v) is 15.4. The quantitative estimate of drug-likeness (QED) is 0.707. The first-order valence-electron chi connectivity index (χ1n) is 8.58. The molecule has 2 aromatic carbocycles. The van der Waals surface area contributed by atoms with Crippen LogP contribution in [-0.2, 0) is 31.7 Å². The van der Waals surface area contributed by atoms with Crippen LogP contribution in [0.5, 0.6) is 0 Å². The van der Waals surface area contributed by atoms with Gasteiger partial charge in [-0.1, -0.05) is 18.2 Å². The number of halogens is 3. The molecule has 0 saturated heterocycles. The normalized spacial score (nSPS) is 10.9. The maximum atomic E-state index is 12.7. The molecule has 1 amide bonds. The molecule has 0 bridgehead atoms. The second-order valence-corrected chi connectivity index (χ2v) is 5.88. The lowest BCUT2D eigenvalue weighted by Crippen LogP contribution is -2.21. The summed E-state index contributed by atoms with van der Waals surface area (Å²) in [6.45, 7) is 1.32. The molecule has 0 heterocycles. The number of amides is 1. The van der Waals surface area contributed by atoms with Crippen molar-refractivity contribution in [2.45, 2.75) is 19.5 Å². The van der Waals surface area contributed by atoms with Gasteiger partial charge in [0.2, 0.25) is 0 Å². The van der Waals surface area contributed by atoms with Crippen LogP contribution in [0, 0.1) is 0 Å². The lowest BCUT2D eigenvalue weighted by Gasteiger charge is -2.09. The van der Waals surface area contributed by atoms with E-state index in [1.807, 2.05) is 0 Å². The highest BCUT2D eigenvalue weighted by Crippen LogP contribution is 2.29. The Kier molecular flexibility index (Phi) is 7.35. The molecule has 0 radical (unpaired) electrons. The number of hydrogen-bond acceptors (Lipinski definition) is 5. The van der Waals surface area contributed by atoms with Gasteiger partial charge in [-0.2, -0.15) is 13.2 Å². The van der Waals surface area contributed by atoms with Gasteiger partial charge in [0.05, 0.1) is 24.2 Å². The number of benzene rings is 2. The van der Waals surface area contributed by atoms with E-state index < -0.39 is 42.6 Å². The number of esters is 2. The van der Waals surface area contributed by atoms with Crippen LogP contribution in [0.1, 0.15) is 28.4 Å². The average Bonchev–Trinajstić information content (AvgIpc) is 2.67. The van der Waals surface area contributed by atoms with Crippen LogP contribution in [0.4, 0.5) is 18.9 Å². The Balaban J connectivity index is 1.83. The molecule has 0 unspecified atom stereocenters. The summed E-state index contributed by atoms with van der Waals surface area (Å²) in [5.41, 5.74) is -0.0547. The molecule has 0 aliphatic carbocycles. The second-order valence-electron chi connectivity index (χ2n) is 5.88. The van der Waals surface area contributed by atoms with Crippen LogP contribution in [0.2, 0.25) is 0 Å². The predicted molar refractivity (Wildman–Crippen MR) is 97.1 cm³/mol. The largest absolute Gasteiger partial charge is 0.462 e. The average molecular weight is 409 g/mol. The molecule has 154 valence electrons. The molecule has 1 N–H and O–H groups in total. The fourth-order valence-corrected chi connectivity index (χ4v) is 2.32. The zero-order valence-electron chi connectivity index (χ0n) is 15.4. The zero-order chi connectivity index (χ0) is 21.4. The van der Waals surface area contributed by atoms with Crippen LogP contribution >= 0.6 is 0 Å². The van der Waals surface area contributed by atoms with E-state index in [4.69, 9.17) is 9.47 Å². The van der Waals surface area contributed by atoms with Gasteiger partial charge >= 0.3 is 18.1 Å². The van der Waals surface area contributed by atoms with Crippen LogP contribution in [0.15, 0.2) is 48.5 Å². The topological polar surface area (TPSA) is 81.7 Å². The maximum Gasteiger partial charge on any atom is 0.416 e. The van der Waals surface area contributed by atoms with Crippen molar-refractivity contribution in [1.82, 2.24) is 0 Å². The highest BCUT2D eigenvalue weighted by atomic mass is 19.4. The number of ether oxygens (including phenoxy) is 2. The first-order valence-corrected chi connectivity index (χ1v) is 8.58. The summed E-state index contributed by atoms with van der Waals surface area (Å²) in [6.07, 6.45) is -4.91. The molecular weight excluding hydrogens is 391 g/mol. The minimum atomic E-state index is -4.51. The third-order valence-electron chi connectivity index (χ3n) is 3.65. The van der Waals surface area contributed by atoms with Crippen molar-refractivity contribution < 1.29 is 37.0 Å². The van der Waals surface area contributed by atoms with E-state index in [-0.39, 0.29) is 12.2 Å². The summed E-state index contributed by atoms with van der Waals surface area (Å²) in [5.74, 6) is -1.96. The number of anilines is 1. The van der Waals surface area contributed by atoms with E-state index >= 15 is 0 Å². The van der Waals surface area contributed by atoms with Gasteiger partial charge in [0.15, 0.2) is 6.61 Å². The molecule has 2 aromatic rings. The van der Waals surface area contributed by atoms with E-state index in [0.29, 0.717) is 11.3 Å². The number of carbonyl (C=O) groups excluding carboxylic acids is 3. The molecular formula is C20H18F3NO5. The van der Waals surface area contributed by atoms with Crippen molar-refractivity contribution in [2.75, 3.05) is 18.5 Å². The number of nitrogens with one attached hydrogen (secondary N) is 1. The van der Waals surface area contributed by atoms with Gasteiger partial charge in [-0.15, -0.1) is 0 Å². The highest BCUT2D eigenvalue weighted by molar-refractivity contribution is 5.94. The van der Waals surface area contributed by atoms with Crippen LogP contribution in [0.25, 0.3) is 0 Å². The monoisotopic (exact) mass is 409 g/mol. The van der Waals surface area contributed by atoms with Crippen LogP contribution < -0.4 is 5.32 Å². The van der Waals surface area contributed by atoms with E-state index in [0.717, 1.165) is 12.1 Å². The summed E-state index contributed by atoms with van der Waals surface area (Å²) in [5, 5.41) is 2.47. The molecule has 29 heavy (non-hydrogen) atoms. The molecule has 0 atom stereocenters. The van der Waals surface area contributed by atoms with E-state index in [2.05, 4.69) is 5.32 Å². The first kappa shape index (κ1) is 21.9. The van der Waals surface area contributed by atoms with E-state index in [9.17, 15) is 27.6 Å². The SMILES string of the molecule is CCOC(=O)c1ccc(NC(=O)COC(=O)Cc2cccc(C(F)(F)F)c2)cc1.